The maximum Gasteiger partial charge on any atom is 0.265 e. The van der Waals surface area contributed by atoms with E-state index in [1.54, 1.807) is 80.7 Å². The van der Waals surface area contributed by atoms with Crippen LogP contribution < -0.4 is 14.2 Å². The van der Waals surface area contributed by atoms with E-state index in [-0.39, 0.29) is 34.3 Å². The Bertz CT molecular complexity index is 1910. The molecule has 0 saturated carbocycles. The highest BCUT2D eigenvalue weighted by Gasteiger charge is 2.38. The second-order valence-electron chi connectivity index (χ2n) is 11.7. The van der Waals surface area contributed by atoms with E-state index in [4.69, 9.17) is 14.2 Å². The van der Waals surface area contributed by atoms with Crippen LogP contribution in [0.4, 0.5) is 5.69 Å². The molecule has 0 aliphatic carbocycles. The van der Waals surface area contributed by atoms with E-state index in [2.05, 4.69) is 4.72 Å². The number of benzene rings is 4. The van der Waals surface area contributed by atoms with Gasteiger partial charge in [-0.15, -0.1) is 0 Å². The van der Waals surface area contributed by atoms with Crippen LogP contribution in [-0.4, -0.2) is 83.6 Å². The number of hydrogen-bond donors (Lipinski definition) is 1. The summed E-state index contributed by atoms with van der Waals surface area (Å²) in [4.78, 5) is 29.0. The minimum absolute atomic E-state index is 0.0657. The molecule has 0 radical (unpaired) electrons. The zero-order chi connectivity index (χ0) is 33.9. The minimum Gasteiger partial charge on any atom is -0.495 e. The van der Waals surface area contributed by atoms with Gasteiger partial charge in [0.05, 0.1) is 25.9 Å². The molecule has 11 heteroatoms. The smallest absolute Gasteiger partial charge is 0.265 e. The number of rotatable bonds is 10. The van der Waals surface area contributed by atoms with Crippen molar-refractivity contribution in [3.63, 3.8) is 0 Å². The Morgan fingerprint density at radius 3 is 2.30 bits per heavy atom. The van der Waals surface area contributed by atoms with Crippen molar-refractivity contribution >= 4 is 27.5 Å². The average Bonchev–Trinajstić information content (AvgIpc) is 3.47. The summed E-state index contributed by atoms with van der Waals surface area (Å²) >= 11 is 0. The third-order valence-corrected chi connectivity index (χ3v) is 9.51. The first-order valence-corrected chi connectivity index (χ1v) is 16.6. The van der Waals surface area contributed by atoms with Gasteiger partial charge in [0, 0.05) is 38.4 Å². The molecule has 0 spiro atoms. The van der Waals surface area contributed by atoms with Crippen LogP contribution in [-0.2, 0) is 14.8 Å². The summed E-state index contributed by atoms with van der Waals surface area (Å²) in [7, 11) is 2.20. The molecule has 47 heavy (non-hydrogen) atoms. The molecule has 5 rings (SSSR count). The lowest BCUT2D eigenvalue weighted by atomic mass is 10.0. The number of hydrogen-bond acceptors (Lipinski definition) is 7. The van der Waals surface area contributed by atoms with Crippen molar-refractivity contribution < 1.29 is 32.2 Å². The zero-order valence-electron chi connectivity index (χ0n) is 27.3. The summed E-state index contributed by atoms with van der Waals surface area (Å²) < 4.78 is 47.5. The van der Waals surface area contributed by atoms with Crippen LogP contribution >= 0.6 is 0 Å². The van der Waals surface area contributed by atoms with E-state index in [0.29, 0.717) is 41.1 Å². The number of nitrogens with zero attached hydrogens (tertiary/aromatic N) is 2. The normalized spacial score (nSPS) is 16.1. The van der Waals surface area contributed by atoms with Crippen LogP contribution in [0.25, 0.3) is 11.1 Å². The third kappa shape index (κ3) is 7.42. The number of likely N-dealkylation sites (tertiary alicyclic amines) is 1. The van der Waals surface area contributed by atoms with Gasteiger partial charge in [0.25, 0.3) is 21.8 Å². The van der Waals surface area contributed by atoms with E-state index in [0.717, 1.165) is 11.1 Å². The second-order valence-corrected chi connectivity index (χ2v) is 13.4. The molecular weight excluding hydrogens is 618 g/mol. The fourth-order valence-corrected chi connectivity index (χ4v) is 6.81. The summed E-state index contributed by atoms with van der Waals surface area (Å²) in [5.74, 6) is 0.332. The van der Waals surface area contributed by atoms with Crippen LogP contribution in [0.3, 0.4) is 0 Å². The lowest BCUT2D eigenvalue weighted by Gasteiger charge is -2.20. The number of amides is 2. The van der Waals surface area contributed by atoms with Crippen molar-refractivity contribution in [2.24, 2.45) is 0 Å². The maximum absolute atomic E-state index is 13.7. The van der Waals surface area contributed by atoms with Gasteiger partial charge in [0.1, 0.15) is 28.6 Å². The summed E-state index contributed by atoms with van der Waals surface area (Å²) in [5.41, 5.74) is 4.59. The fourth-order valence-electron chi connectivity index (χ4n) is 5.56. The Kier molecular flexibility index (Phi) is 9.88. The number of sulfonamides is 1. The van der Waals surface area contributed by atoms with Crippen molar-refractivity contribution in [3.05, 3.63) is 107 Å². The van der Waals surface area contributed by atoms with Gasteiger partial charge in [-0.05, 0) is 73.0 Å². The Balaban J connectivity index is 1.35. The van der Waals surface area contributed by atoms with Gasteiger partial charge in [0.2, 0.25) is 0 Å². The fraction of sp³-hybridized carbons (Fsp3) is 0.278. The predicted molar refractivity (Wildman–Crippen MR) is 181 cm³/mol. The molecule has 1 aliphatic rings. The summed E-state index contributed by atoms with van der Waals surface area (Å²) in [6.45, 7) is 4.54. The van der Waals surface area contributed by atoms with E-state index >= 15 is 0 Å². The molecule has 1 N–H and O–H groups in total. The zero-order valence-corrected chi connectivity index (χ0v) is 28.1. The van der Waals surface area contributed by atoms with Gasteiger partial charge < -0.3 is 24.0 Å². The summed E-state index contributed by atoms with van der Waals surface area (Å²) in [6.07, 6.45) is -0.837. The van der Waals surface area contributed by atoms with Crippen molar-refractivity contribution in [2.75, 3.05) is 46.1 Å². The molecule has 4 aromatic carbocycles. The highest BCUT2D eigenvalue weighted by molar-refractivity contribution is 7.92. The summed E-state index contributed by atoms with van der Waals surface area (Å²) in [6, 6.07) is 24.3. The first kappa shape index (κ1) is 33.5. The van der Waals surface area contributed by atoms with Crippen molar-refractivity contribution in [3.8, 4) is 22.6 Å². The molecule has 246 valence electrons. The molecule has 4 aromatic rings. The average molecular weight is 658 g/mol. The number of aryl methyl sites for hydroxylation is 2. The molecule has 2 atom stereocenters. The molecule has 0 bridgehead atoms. The van der Waals surface area contributed by atoms with Crippen LogP contribution in [0.1, 0.15) is 31.8 Å². The topological polar surface area (TPSA) is 114 Å². The number of ether oxygens (including phenoxy) is 3. The SMILES string of the molecule is COc1ccc(-c2cccc(C(=O)N(C)C)c2)cc1S(=O)(=O)Nc1cccc(O[C@@H]2CN(C(=O)c3cc(C)ccc3C)C[C@H]2OC)c1. The van der Waals surface area contributed by atoms with Crippen LogP contribution in [0.15, 0.2) is 89.8 Å². The van der Waals surface area contributed by atoms with Gasteiger partial charge in [-0.2, -0.15) is 0 Å². The van der Waals surface area contributed by atoms with E-state index in [1.165, 1.54) is 18.1 Å². The van der Waals surface area contributed by atoms with Gasteiger partial charge in [-0.25, -0.2) is 8.42 Å². The molecule has 1 fully saturated rings. The predicted octanol–water partition coefficient (Wildman–Crippen LogP) is 5.40. The number of nitrogens with one attached hydrogen (secondary N) is 1. The Labute approximate surface area is 275 Å². The molecular formula is C36H39N3O7S. The number of anilines is 1. The number of carbonyl (C=O) groups is 2. The molecule has 10 nitrogen and oxygen atoms in total. The van der Waals surface area contributed by atoms with E-state index in [9.17, 15) is 18.0 Å². The number of methoxy groups -OCH3 is 2. The Hall–Kier alpha value is -4.87. The second kappa shape index (κ2) is 13.9. The molecule has 1 aliphatic heterocycles. The highest BCUT2D eigenvalue weighted by Crippen LogP contribution is 2.33. The quantitative estimate of drug-likeness (QED) is 0.243. The largest absolute Gasteiger partial charge is 0.495 e. The van der Waals surface area contributed by atoms with Gasteiger partial charge in [0.15, 0.2) is 0 Å². The van der Waals surface area contributed by atoms with Crippen molar-refractivity contribution in [1.29, 1.82) is 0 Å². The lowest BCUT2D eigenvalue weighted by molar-refractivity contribution is 0.0340. The van der Waals surface area contributed by atoms with Crippen molar-refractivity contribution in [2.45, 2.75) is 31.0 Å². The molecule has 0 aromatic heterocycles. The van der Waals surface area contributed by atoms with Gasteiger partial charge in [-0.1, -0.05) is 42.0 Å². The Morgan fingerprint density at radius 1 is 0.851 bits per heavy atom. The molecule has 1 heterocycles. The van der Waals surface area contributed by atoms with Crippen LogP contribution in [0.5, 0.6) is 11.5 Å². The molecule has 1 saturated heterocycles. The summed E-state index contributed by atoms with van der Waals surface area (Å²) in [5, 5.41) is 0. The Morgan fingerprint density at radius 2 is 1.57 bits per heavy atom. The van der Waals surface area contributed by atoms with Crippen molar-refractivity contribution in [1.82, 2.24) is 9.80 Å². The first-order chi connectivity index (χ1) is 22.4. The maximum atomic E-state index is 13.7. The first-order valence-electron chi connectivity index (χ1n) is 15.1. The van der Waals surface area contributed by atoms with Gasteiger partial charge in [-0.3, -0.25) is 14.3 Å². The van der Waals surface area contributed by atoms with E-state index in [1.807, 2.05) is 38.1 Å². The number of carbonyl (C=O) groups excluding carboxylic acids is 2. The van der Waals surface area contributed by atoms with Crippen LogP contribution in [0, 0.1) is 13.8 Å². The lowest BCUT2D eigenvalue weighted by Crippen LogP contribution is -2.32. The van der Waals surface area contributed by atoms with E-state index < -0.39 is 16.1 Å². The van der Waals surface area contributed by atoms with Crippen LogP contribution in [0.2, 0.25) is 0 Å². The molecule has 2 amide bonds. The standard InChI is InChI=1S/C36H39N3O7S/c1-23-13-14-24(2)30(17-23)36(41)39-21-32(45-6)33(22-39)46-29-12-8-11-28(20-29)37-47(42,43)34-19-26(15-16-31(34)44-5)25-9-7-10-27(18-25)35(40)38(3)4/h7-20,32-33,37H,21-22H2,1-6H3/t32-,33-/m1/s1. The monoisotopic (exact) mass is 657 g/mol. The minimum atomic E-state index is -4.13. The molecule has 0 unspecified atom stereocenters. The van der Waals surface area contributed by atoms with Gasteiger partial charge >= 0.3 is 0 Å². The third-order valence-electron chi connectivity index (χ3n) is 8.10. The highest BCUT2D eigenvalue weighted by atomic mass is 32.2.